The Morgan fingerprint density at radius 1 is 1.03 bits per heavy atom. The number of carbonyl (C=O) groups is 1. The highest BCUT2D eigenvalue weighted by Gasteiger charge is 2.12. The van der Waals surface area contributed by atoms with Crippen LogP contribution in [-0.2, 0) is 9.73 Å². The van der Waals surface area contributed by atoms with Gasteiger partial charge in [0.15, 0.2) is 0 Å². The van der Waals surface area contributed by atoms with Crippen molar-refractivity contribution >= 4 is 31.6 Å². The van der Waals surface area contributed by atoms with Gasteiger partial charge in [0.2, 0.25) is 0 Å². The van der Waals surface area contributed by atoms with Crippen LogP contribution >= 0.6 is 15.9 Å². The molecule has 0 saturated heterocycles. The van der Waals surface area contributed by atoms with Crippen LogP contribution in [0.15, 0.2) is 80.7 Å². The Morgan fingerprint density at radius 2 is 1.69 bits per heavy atom. The lowest BCUT2D eigenvalue weighted by molar-refractivity contribution is 0.100. The van der Waals surface area contributed by atoms with E-state index in [2.05, 4.69) is 37.1 Å². The van der Waals surface area contributed by atoms with E-state index in [0.717, 1.165) is 10.0 Å². The fraction of sp³-hybridized carbons (Fsp3) is 0.0909. The van der Waals surface area contributed by atoms with E-state index in [1.165, 1.54) is 12.5 Å². The molecule has 7 heteroatoms. The molecule has 0 radical (unpaired) electrons. The van der Waals surface area contributed by atoms with Crippen LogP contribution in [0, 0.1) is 11.8 Å². The molecule has 146 valence electrons. The van der Waals surface area contributed by atoms with Gasteiger partial charge in [-0.3, -0.25) is 9.78 Å². The molecule has 0 aliphatic heterocycles. The largest absolute Gasteiger partial charge is 0.497 e. The molecular weight excluding hydrogens is 452 g/mol. The fourth-order valence-electron chi connectivity index (χ4n) is 2.39. The minimum Gasteiger partial charge on any atom is -0.497 e. The summed E-state index contributed by atoms with van der Waals surface area (Å²) in [5.41, 5.74) is 1.64. The average molecular weight is 469 g/mol. The maximum atomic E-state index is 12.9. The molecule has 0 saturated carbocycles. The quantitative estimate of drug-likeness (QED) is 0.528. The molecule has 1 aromatic heterocycles. The number of ether oxygens (including phenoxy) is 1. The number of amides is 1. The molecule has 1 unspecified atom stereocenters. The number of carbonyl (C=O) groups excluding carboxylic acids is 1. The summed E-state index contributed by atoms with van der Waals surface area (Å²) in [5, 5.41) is 0. The monoisotopic (exact) mass is 468 g/mol. The van der Waals surface area contributed by atoms with Gasteiger partial charge in [0.1, 0.15) is 5.75 Å². The summed E-state index contributed by atoms with van der Waals surface area (Å²) in [6.45, 7) is 0. The van der Waals surface area contributed by atoms with Crippen LogP contribution in [0.25, 0.3) is 0 Å². The molecule has 1 heterocycles. The number of aromatic nitrogens is 1. The van der Waals surface area contributed by atoms with Crippen molar-refractivity contribution in [2.75, 3.05) is 13.4 Å². The first kappa shape index (κ1) is 20.8. The van der Waals surface area contributed by atoms with Gasteiger partial charge in [0, 0.05) is 39.1 Å². The summed E-state index contributed by atoms with van der Waals surface area (Å²) in [4.78, 5) is 17.1. The summed E-state index contributed by atoms with van der Waals surface area (Å²) in [6.07, 6.45) is 4.38. The van der Waals surface area contributed by atoms with Gasteiger partial charge in [-0.1, -0.05) is 27.8 Å². The second-order valence-electron chi connectivity index (χ2n) is 6.09. The minimum atomic E-state index is -2.90. The Kier molecular flexibility index (Phi) is 6.47. The number of methoxy groups -OCH3 is 1. The van der Waals surface area contributed by atoms with Gasteiger partial charge in [-0.15, -0.1) is 0 Å². The lowest BCUT2D eigenvalue weighted by Crippen LogP contribution is -2.04. The van der Waals surface area contributed by atoms with Gasteiger partial charge in [-0.05, 0) is 54.6 Å². The van der Waals surface area contributed by atoms with Crippen molar-refractivity contribution in [2.45, 2.75) is 4.90 Å². The van der Waals surface area contributed by atoms with E-state index < -0.39 is 15.6 Å². The topological polar surface area (TPSA) is 68.6 Å². The molecule has 3 aromatic rings. The summed E-state index contributed by atoms with van der Waals surface area (Å²) in [6, 6.07) is 15.8. The number of halogens is 1. The van der Waals surface area contributed by atoms with E-state index in [0.29, 0.717) is 16.2 Å². The molecule has 0 aliphatic carbocycles. The zero-order valence-corrected chi connectivity index (χ0v) is 18.2. The van der Waals surface area contributed by atoms with Gasteiger partial charge in [0.25, 0.3) is 5.91 Å². The lowest BCUT2D eigenvalue weighted by atomic mass is 10.2. The molecule has 0 aliphatic rings. The van der Waals surface area contributed by atoms with Crippen molar-refractivity contribution in [3.63, 3.8) is 0 Å². The molecule has 2 aromatic carbocycles. The van der Waals surface area contributed by atoms with Gasteiger partial charge in [0.05, 0.1) is 22.4 Å². The number of pyridine rings is 1. The highest BCUT2D eigenvalue weighted by Crippen LogP contribution is 2.18. The smallest absolute Gasteiger partial charge is 0.286 e. The molecule has 5 nitrogen and oxygen atoms in total. The zero-order valence-electron chi connectivity index (χ0n) is 15.8. The van der Waals surface area contributed by atoms with Gasteiger partial charge in [-0.2, -0.15) is 4.36 Å². The minimum absolute atomic E-state index is 0.232. The maximum absolute atomic E-state index is 12.9. The van der Waals surface area contributed by atoms with Crippen molar-refractivity contribution in [3.8, 4) is 17.6 Å². The first-order chi connectivity index (χ1) is 13.9. The van der Waals surface area contributed by atoms with E-state index in [1.54, 1.807) is 43.6 Å². The molecule has 0 spiro atoms. The van der Waals surface area contributed by atoms with Crippen LogP contribution in [0.2, 0.25) is 0 Å². The Bertz CT molecular complexity index is 1220. The predicted molar refractivity (Wildman–Crippen MR) is 116 cm³/mol. The molecule has 3 rings (SSSR count). The zero-order chi connectivity index (χ0) is 20.9. The van der Waals surface area contributed by atoms with Crippen molar-refractivity contribution in [3.05, 3.63) is 88.2 Å². The Hall–Kier alpha value is -2.95. The normalized spacial score (nSPS) is 12.2. The molecule has 1 amide bonds. The summed E-state index contributed by atoms with van der Waals surface area (Å²) in [7, 11) is -1.36. The van der Waals surface area contributed by atoms with Gasteiger partial charge in [-0.25, -0.2) is 4.21 Å². The number of hydrogen-bond acceptors (Lipinski definition) is 4. The maximum Gasteiger partial charge on any atom is 0.286 e. The van der Waals surface area contributed by atoms with Crippen molar-refractivity contribution < 1.29 is 13.7 Å². The van der Waals surface area contributed by atoms with E-state index in [-0.39, 0.29) is 5.56 Å². The molecular formula is C22H17BrN2O3S. The van der Waals surface area contributed by atoms with Crippen LogP contribution in [0.3, 0.4) is 0 Å². The Labute approximate surface area is 178 Å². The highest BCUT2D eigenvalue weighted by molar-refractivity contribution is 9.10. The first-order valence-electron chi connectivity index (χ1n) is 8.50. The first-order valence-corrected chi connectivity index (χ1v) is 11.2. The Morgan fingerprint density at radius 3 is 2.34 bits per heavy atom. The van der Waals surface area contributed by atoms with Crippen LogP contribution in [-0.4, -0.2) is 28.5 Å². The third kappa shape index (κ3) is 5.53. The second kappa shape index (κ2) is 9.03. The molecule has 29 heavy (non-hydrogen) atoms. The fourth-order valence-corrected chi connectivity index (χ4v) is 3.83. The van der Waals surface area contributed by atoms with Crippen molar-refractivity contribution in [2.24, 2.45) is 4.36 Å². The highest BCUT2D eigenvalue weighted by atomic mass is 79.9. The van der Waals surface area contributed by atoms with E-state index in [9.17, 15) is 9.00 Å². The molecule has 0 bridgehead atoms. The summed E-state index contributed by atoms with van der Waals surface area (Å²) in [5.74, 6) is 6.03. The molecule has 0 fully saturated rings. The third-order valence-corrected chi connectivity index (χ3v) is 6.12. The van der Waals surface area contributed by atoms with Crippen LogP contribution < -0.4 is 4.74 Å². The average Bonchev–Trinajstić information content (AvgIpc) is 2.73. The number of benzene rings is 2. The van der Waals surface area contributed by atoms with E-state index in [4.69, 9.17) is 4.74 Å². The third-order valence-electron chi connectivity index (χ3n) is 3.93. The Balaban J connectivity index is 1.86. The van der Waals surface area contributed by atoms with Gasteiger partial charge >= 0.3 is 0 Å². The second-order valence-corrected chi connectivity index (χ2v) is 9.27. The number of rotatable bonds is 3. The summed E-state index contributed by atoms with van der Waals surface area (Å²) < 4.78 is 22.9. The predicted octanol–water partition coefficient (Wildman–Crippen LogP) is 4.55. The van der Waals surface area contributed by atoms with E-state index >= 15 is 0 Å². The molecule has 0 N–H and O–H groups in total. The lowest BCUT2D eigenvalue weighted by Gasteiger charge is -2.05. The molecule has 1 atom stereocenters. The number of nitrogens with zero attached hydrogens (tertiary/aromatic N) is 2. The van der Waals surface area contributed by atoms with Crippen molar-refractivity contribution in [1.29, 1.82) is 0 Å². The van der Waals surface area contributed by atoms with Gasteiger partial charge < -0.3 is 4.74 Å². The van der Waals surface area contributed by atoms with Crippen molar-refractivity contribution in [1.82, 2.24) is 4.98 Å². The standard InChI is InChI=1S/C22H17BrN2O3S/c1-28-20-9-11-21(12-10-20)29(2,27)25-22(26)18-13-17(14-24-15-18)4-3-16-5-7-19(23)8-6-16/h5-15H,1-2H3. The van der Waals surface area contributed by atoms with Crippen LogP contribution in [0.1, 0.15) is 21.5 Å². The SMILES string of the molecule is COc1ccc(S(C)(=O)=NC(=O)c2cncc(C#Cc3ccc(Br)cc3)c2)cc1. The van der Waals surface area contributed by atoms with Crippen LogP contribution in [0.4, 0.5) is 0 Å². The van der Waals surface area contributed by atoms with Crippen LogP contribution in [0.5, 0.6) is 5.75 Å². The summed E-state index contributed by atoms with van der Waals surface area (Å²) >= 11 is 3.38. The van der Waals surface area contributed by atoms with E-state index in [1.807, 2.05) is 24.3 Å². The number of hydrogen-bond donors (Lipinski definition) is 0.